The van der Waals surface area contributed by atoms with E-state index in [1.165, 1.54) is 11.8 Å². The van der Waals surface area contributed by atoms with E-state index in [0.29, 0.717) is 22.8 Å². The van der Waals surface area contributed by atoms with Crippen molar-refractivity contribution in [2.45, 2.75) is 25.5 Å². The molecule has 11 heavy (non-hydrogen) atoms. The Morgan fingerprint density at radius 2 is 2.55 bits per heavy atom. The summed E-state index contributed by atoms with van der Waals surface area (Å²) in [5.41, 5.74) is 0. The average Bonchev–Trinajstić information content (AvgIpc) is 2.03. The van der Waals surface area contributed by atoms with Crippen molar-refractivity contribution in [2.75, 3.05) is 13.1 Å². The van der Waals surface area contributed by atoms with Crippen LogP contribution >= 0.6 is 11.8 Å². The second-order valence-corrected chi connectivity index (χ2v) is 4.34. The Hall–Kier alpha value is -0.0200. The Kier molecular flexibility index (Phi) is 3.40. The lowest BCUT2D eigenvalue weighted by atomic mass is 10.0. The molecule has 0 spiro atoms. The van der Waals surface area contributed by atoms with Crippen molar-refractivity contribution in [3.63, 3.8) is 0 Å². The van der Waals surface area contributed by atoms with Gasteiger partial charge in [0.05, 0.1) is 6.54 Å². The molecule has 1 saturated heterocycles. The van der Waals surface area contributed by atoms with Gasteiger partial charge < -0.3 is 5.32 Å². The third-order valence-corrected chi connectivity index (χ3v) is 3.52. The van der Waals surface area contributed by atoms with Crippen LogP contribution in [0.25, 0.3) is 0 Å². The molecule has 64 valence electrons. The fourth-order valence-electron chi connectivity index (χ4n) is 1.15. The quantitative estimate of drug-likeness (QED) is 0.681. The molecule has 0 saturated carbocycles. The van der Waals surface area contributed by atoms with Gasteiger partial charge in [-0.3, -0.25) is 4.79 Å². The van der Waals surface area contributed by atoms with E-state index in [1.54, 1.807) is 0 Å². The topological polar surface area (TPSA) is 29.1 Å². The van der Waals surface area contributed by atoms with Gasteiger partial charge in [-0.05, 0) is 5.92 Å². The van der Waals surface area contributed by atoms with Crippen LogP contribution in [0.5, 0.6) is 0 Å². The average molecular weight is 173 g/mol. The van der Waals surface area contributed by atoms with Gasteiger partial charge in [-0.2, -0.15) is 0 Å². The predicted molar refractivity (Wildman–Crippen MR) is 48.7 cm³/mol. The maximum atomic E-state index is 11.0. The Labute approximate surface area is 72.1 Å². The van der Waals surface area contributed by atoms with Crippen LogP contribution in [0.15, 0.2) is 0 Å². The number of thioether (sulfide) groups is 1. The first kappa shape index (κ1) is 9.07. The van der Waals surface area contributed by atoms with E-state index in [-0.39, 0.29) is 0 Å². The largest absolute Gasteiger partial charge is 0.308 e. The number of hydrogen-bond donors (Lipinski definition) is 1. The van der Waals surface area contributed by atoms with Crippen LogP contribution < -0.4 is 5.32 Å². The van der Waals surface area contributed by atoms with Gasteiger partial charge in [-0.1, -0.05) is 32.0 Å². The van der Waals surface area contributed by atoms with Crippen LogP contribution in [0.4, 0.5) is 0 Å². The molecule has 1 N–H and O–H groups in total. The van der Waals surface area contributed by atoms with Crippen molar-refractivity contribution < 1.29 is 4.79 Å². The normalized spacial score (nSPS) is 28.5. The lowest BCUT2D eigenvalue weighted by molar-refractivity contribution is -0.110. The van der Waals surface area contributed by atoms with Gasteiger partial charge in [0.1, 0.15) is 0 Å². The first-order valence-electron chi connectivity index (χ1n) is 4.14. The molecule has 0 aromatic heterocycles. The van der Waals surface area contributed by atoms with Gasteiger partial charge in [0, 0.05) is 11.8 Å². The Balaban J connectivity index is 2.39. The van der Waals surface area contributed by atoms with E-state index in [2.05, 4.69) is 19.2 Å². The van der Waals surface area contributed by atoms with E-state index in [4.69, 9.17) is 0 Å². The molecule has 1 rings (SSSR count). The minimum absolute atomic E-state index is 0.293. The summed E-state index contributed by atoms with van der Waals surface area (Å²) in [6.07, 6.45) is 1.16. The van der Waals surface area contributed by atoms with E-state index in [1.807, 2.05) is 0 Å². The summed E-state index contributed by atoms with van der Waals surface area (Å²) in [4.78, 5) is 11.0. The highest BCUT2D eigenvalue weighted by Gasteiger charge is 2.23. The molecular formula is C8H15NOS. The van der Waals surface area contributed by atoms with E-state index in [9.17, 15) is 4.79 Å². The van der Waals surface area contributed by atoms with E-state index < -0.39 is 0 Å². The molecule has 2 atom stereocenters. The van der Waals surface area contributed by atoms with E-state index in [0.717, 1.165) is 13.0 Å². The molecule has 0 amide bonds. The summed E-state index contributed by atoms with van der Waals surface area (Å²) in [5, 5.41) is 3.92. The Bertz CT molecular complexity index is 149. The van der Waals surface area contributed by atoms with Gasteiger partial charge in [-0.25, -0.2) is 0 Å². The number of hydrogen-bond acceptors (Lipinski definition) is 3. The zero-order valence-electron chi connectivity index (χ0n) is 7.09. The maximum Gasteiger partial charge on any atom is 0.203 e. The van der Waals surface area contributed by atoms with Crippen molar-refractivity contribution in [1.29, 1.82) is 0 Å². The Morgan fingerprint density at radius 1 is 1.82 bits per heavy atom. The van der Waals surface area contributed by atoms with E-state index >= 15 is 0 Å². The molecule has 1 fully saturated rings. The molecule has 1 aliphatic heterocycles. The zero-order valence-corrected chi connectivity index (χ0v) is 7.91. The van der Waals surface area contributed by atoms with Crippen molar-refractivity contribution in [2.24, 2.45) is 5.92 Å². The molecule has 0 aromatic carbocycles. The molecule has 0 bridgehead atoms. The number of carbonyl (C=O) groups excluding carboxylic acids is 1. The summed E-state index contributed by atoms with van der Waals surface area (Å²) in [5.74, 6) is 0.650. The first-order chi connectivity index (χ1) is 5.24. The second kappa shape index (κ2) is 4.12. The molecule has 3 heteroatoms. The summed E-state index contributed by atoms with van der Waals surface area (Å²) in [7, 11) is 0. The van der Waals surface area contributed by atoms with Crippen LogP contribution in [0, 0.1) is 5.92 Å². The van der Waals surface area contributed by atoms with Crippen molar-refractivity contribution in [3.05, 3.63) is 0 Å². The number of carbonyl (C=O) groups is 1. The van der Waals surface area contributed by atoms with Gasteiger partial charge >= 0.3 is 0 Å². The third kappa shape index (κ3) is 2.49. The Morgan fingerprint density at radius 3 is 3.09 bits per heavy atom. The van der Waals surface area contributed by atoms with Crippen LogP contribution in [-0.2, 0) is 4.79 Å². The number of rotatable bonds is 2. The first-order valence-corrected chi connectivity index (χ1v) is 5.02. The fourth-order valence-corrected chi connectivity index (χ4v) is 2.30. The molecular weight excluding hydrogens is 158 g/mol. The summed E-state index contributed by atoms with van der Waals surface area (Å²) in [6, 6.07) is 0. The van der Waals surface area contributed by atoms with Gasteiger partial charge in [-0.15, -0.1) is 0 Å². The SMILES string of the molecule is CC[C@H](C)[C@H]1CNCC(=O)S1. The molecule has 0 unspecified atom stereocenters. The monoisotopic (exact) mass is 173 g/mol. The lowest BCUT2D eigenvalue weighted by Gasteiger charge is -2.25. The van der Waals surface area contributed by atoms with Crippen molar-refractivity contribution in [1.82, 2.24) is 5.32 Å². The highest BCUT2D eigenvalue weighted by molar-refractivity contribution is 8.14. The highest BCUT2D eigenvalue weighted by atomic mass is 32.2. The van der Waals surface area contributed by atoms with Crippen LogP contribution in [0.2, 0.25) is 0 Å². The lowest BCUT2D eigenvalue weighted by Crippen LogP contribution is -2.38. The van der Waals surface area contributed by atoms with Crippen molar-refractivity contribution >= 4 is 16.9 Å². The molecule has 0 aliphatic carbocycles. The molecule has 1 aliphatic rings. The highest BCUT2D eigenvalue weighted by Crippen LogP contribution is 2.24. The van der Waals surface area contributed by atoms with Crippen molar-refractivity contribution in [3.8, 4) is 0 Å². The third-order valence-electron chi connectivity index (χ3n) is 2.18. The van der Waals surface area contributed by atoms with Gasteiger partial charge in [0.15, 0.2) is 0 Å². The summed E-state index contributed by atoms with van der Waals surface area (Å²) < 4.78 is 0. The van der Waals surface area contributed by atoms with Crippen LogP contribution in [0.3, 0.4) is 0 Å². The molecule has 2 nitrogen and oxygen atoms in total. The predicted octanol–water partition coefficient (Wildman–Crippen LogP) is 1.26. The van der Waals surface area contributed by atoms with Gasteiger partial charge in [0.2, 0.25) is 5.12 Å². The standard InChI is InChI=1S/C8H15NOS/c1-3-6(2)7-4-9-5-8(10)11-7/h6-7,9H,3-5H2,1-2H3/t6-,7+/m0/s1. The fraction of sp³-hybridized carbons (Fsp3) is 0.875. The van der Waals surface area contributed by atoms with Gasteiger partial charge in [0.25, 0.3) is 0 Å². The molecule has 1 heterocycles. The van der Waals surface area contributed by atoms with Crippen LogP contribution in [0.1, 0.15) is 20.3 Å². The second-order valence-electron chi connectivity index (χ2n) is 3.04. The summed E-state index contributed by atoms with van der Waals surface area (Å²) >= 11 is 1.52. The summed E-state index contributed by atoms with van der Waals surface area (Å²) in [6.45, 7) is 5.92. The van der Waals surface area contributed by atoms with Crippen LogP contribution in [-0.4, -0.2) is 23.5 Å². The maximum absolute atomic E-state index is 11.0. The number of nitrogens with one attached hydrogen (secondary N) is 1. The smallest absolute Gasteiger partial charge is 0.203 e. The minimum atomic E-state index is 0.293. The zero-order chi connectivity index (χ0) is 8.27. The molecule has 0 aromatic rings. The minimum Gasteiger partial charge on any atom is -0.308 e. The molecule has 0 radical (unpaired) electrons.